The van der Waals surface area contributed by atoms with Crippen molar-refractivity contribution < 1.29 is 13.9 Å². The highest BCUT2D eigenvalue weighted by atomic mass is 32.2. The Hall–Kier alpha value is -1.73. The van der Waals surface area contributed by atoms with Crippen LogP contribution in [0.3, 0.4) is 0 Å². The van der Waals surface area contributed by atoms with E-state index in [0.717, 1.165) is 17.1 Å². The summed E-state index contributed by atoms with van der Waals surface area (Å²) < 4.78 is 15.8. The molecule has 0 saturated carbocycles. The van der Waals surface area contributed by atoms with Gasteiger partial charge < -0.3 is 19.6 Å². The number of nitrogens with two attached hydrogens (primary N) is 1. The fourth-order valence-corrected chi connectivity index (χ4v) is 2.50. The molecule has 0 radical (unpaired) electrons. The summed E-state index contributed by atoms with van der Waals surface area (Å²) in [7, 11) is 3.24. The number of rotatable bonds is 6. The highest BCUT2D eigenvalue weighted by molar-refractivity contribution is 7.99. The fraction of sp³-hybridized carbons (Fsp3) is 0.385. The van der Waals surface area contributed by atoms with Crippen LogP contribution in [0.25, 0.3) is 0 Å². The van der Waals surface area contributed by atoms with E-state index in [1.54, 1.807) is 21.1 Å². The molecule has 2 rings (SSSR count). The highest BCUT2D eigenvalue weighted by Crippen LogP contribution is 2.31. The van der Waals surface area contributed by atoms with E-state index >= 15 is 0 Å². The Kier molecular flexibility index (Phi) is 4.86. The minimum atomic E-state index is -0.225. The number of aryl methyl sites for hydroxylation is 1. The third-order valence-corrected chi connectivity index (χ3v) is 3.67. The zero-order valence-electron chi connectivity index (χ0n) is 11.6. The lowest BCUT2D eigenvalue weighted by molar-refractivity contribution is 0.396. The van der Waals surface area contributed by atoms with E-state index in [2.05, 4.69) is 10.2 Å². The average molecular weight is 295 g/mol. The van der Waals surface area contributed by atoms with Crippen LogP contribution >= 0.6 is 11.8 Å². The van der Waals surface area contributed by atoms with Crippen LogP contribution in [0, 0.1) is 6.92 Å². The minimum Gasteiger partial charge on any atom is -0.497 e. The van der Waals surface area contributed by atoms with Crippen LogP contribution in [-0.4, -0.2) is 30.2 Å². The molecule has 1 atom stereocenters. The molecule has 2 N–H and O–H groups in total. The molecular formula is C13H17N3O3S. The Morgan fingerprint density at radius 3 is 2.70 bits per heavy atom. The van der Waals surface area contributed by atoms with Gasteiger partial charge in [0.2, 0.25) is 5.89 Å². The Balaban J connectivity index is 2.09. The third kappa shape index (κ3) is 3.43. The molecule has 1 heterocycles. The monoisotopic (exact) mass is 295 g/mol. The van der Waals surface area contributed by atoms with Gasteiger partial charge in [-0.2, -0.15) is 0 Å². The highest BCUT2D eigenvalue weighted by Gasteiger charge is 2.15. The van der Waals surface area contributed by atoms with Crippen LogP contribution in [0.15, 0.2) is 27.8 Å². The second kappa shape index (κ2) is 6.62. The molecule has 0 amide bonds. The summed E-state index contributed by atoms with van der Waals surface area (Å²) in [4.78, 5) is 0. The Morgan fingerprint density at radius 2 is 2.10 bits per heavy atom. The van der Waals surface area contributed by atoms with E-state index in [4.69, 9.17) is 19.6 Å². The van der Waals surface area contributed by atoms with Crippen LogP contribution in [0.5, 0.6) is 11.5 Å². The molecule has 0 bridgehead atoms. The second-order valence-corrected chi connectivity index (χ2v) is 5.08. The maximum absolute atomic E-state index is 6.20. The Morgan fingerprint density at radius 1 is 1.30 bits per heavy atom. The van der Waals surface area contributed by atoms with Crippen molar-refractivity contribution in [2.24, 2.45) is 5.73 Å². The number of nitrogens with zero attached hydrogens (tertiary/aromatic N) is 2. The van der Waals surface area contributed by atoms with Gasteiger partial charge in [0.25, 0.3) is 5.22 Å². The van der Waals surface area contributed by atoms with Gasteiger partial charge in [0.15, 0.2) is 0 Å². The number of hydrogen-bond acceptors (Lipinski definition) is 7. The number of thioether (sulfide) groups is 1. The number of benzene rings is 1. The minimum absolute atomic E-state index is 0.225. The first-order valence-electron chi connectivity index (χ1n) is 6.04. The molecule has 0 saturated heterocycles. The lowest BCUT2D eigenvalue weighted by Crippen LogP contribution is -2.14. The first-order valence-corrected chi connectivity index (χ1v) is 7.03. The molecule has 20 heavy (non-hydrogen) atoms. The van der Waals surface area contributed by atoms with Crippen molar-refractivity contribution in [3.8, 4) is 11.5 Å². The molecule has 7 heteroatoms. The summed E-state index contributed by atoms with van der Waals surface area (Å²) in [5.41, 5.74) is 7.09. The predicted octanol–water partition coefficient (Wildman–Crippen LogP) is 2.19. The molecule has 1 unspecified atom stereocenters. The summed E-state index contributed by atoms with van der Waals surface area (Å²) in [6.45, 7) is 1.75. The van der Waals surface area contributed by atoms with E-state index in [9.17, 15) is 0 Å². The van der Waals surface area contributed by atoms with Gasteiger partial charge in [-0.15, -0.1) is 10.2 Å². The van der Waals surface area contributed by atoms with E-state index in [0.29, 0.717) is 16.9 Å². The van der Waals surface area contributed by atoms with Crippen molar-refractivity contribution in [3.63, 3.8) is 0 Å². The normalized spacial score (nSPS) is 12.2. The molecule has 0 aliphatic carbocycles. The Bertz CT molecular complexity index is 574. The molecule has 2 aromatic rings. The van der Waals surface area contributed by atoms with Gasteiger partial charge in [0.1, 0.15) is 11.5 Å². The molecule has 1 aromatic carbocycles. The third-order valence-electron chi connectivity index (χ3n) is 2.73. The first kappa shape index (κ1) is 14.7. The maximum Gasteiger partial charge on any atom is 0.276 e. The van der Waals surface area contributed by atoms with E-state index in [1.807, 2.05) is 18.2 Å². The Labute approximate surface area is 121 Å². The van der Waals surface area contributed by atoms with Crippen LogP contribution in [-0.2, 0) is 0 Å². The van der Waals surface area contributed by atoms with Crippen LogP contribution in [0.2, 0.25) is 0 Å². The topological polar surface area (TPSA) is 83.4 Å². The summed E-state index contributed by atoms with van der Waals surface area (Å²) >= 11 is 1.42. The van der Waals surface area contributed by atoms with E-state index in [-0.39, 0.29) is 6.04 Å². The molecule has 0 aliphatic rings. The van der Waals surface area contributed by atoms with Crippen LogP contribution < -0.4 is 15.2 Å². The number of ether oxygens (including phenoxy) is 2. The fourth-order valence-electron chi connectivity index (χ4n) is 1.72. The second-order valence-electron chi connectivity index (χ2n) is 4.11. The van der Waals surface area contributed by atoms with Crippen LogP contribution in [0.1, 0.15) is 17.5 Å². The molecule has 0 fully saturated rings. The molecule has 6 nitrogen and oxygen atoms in total. The number of methoxy groups -OCH3 is 2. The lowest BCUT2D eigenvalue weighted by atomic mass is 10.1. The van der Waals surface area contributed by atoms with Gasteiger partial charge in [-0.1, -0.05) is 11.8 Å². The lowest BCUT2D eigenvalue weighted by Gasteiger charge is -2.15. The van der Waals surface area contributed by atoms with Gasteiger partial charge in [-0.05, 0) is 18.2 Å². The zero-order chi connectivity index (χ0) is 14.5. The van der Waals surface area contributed by atoms with Gasteiger partial charge in [0, 0.05) is 24.3 Å². The quantitative estimate of drug-likeness (QED) is 0.818. The average Bonchev–Trinajstić information content (AvgIpc) is 2.89. The standard InChI is InChI=1S/C13H17N3O3S/c1-8-15-16-13(19-8)20-7-11(14)10-6-9(17-2)4-5-12(10)18-3/h4-6,11H,7,14H2,1-3H3. The molecular weight excluding hydrogens is 278 g/mol. The summed E-state index contributed by atoms with van der Waals surface area (Å²) in [6.07, 6.45) is 0. The van der Waals surface area contributed by atoms with Crippen molar-refractivity contribution in [2.75, 3.05) is 20.0 Å². The summed E-state index contributed by atoms with van der Waals surface area (Å²) in [5.74, 6) is 2.63. The largest absolute Gasteiger partial charge is 0.497 e. The molecule has 108 valence electrons. The molecule has 0 aliphatic heterocycles. The van der Waals surface area contributed by atoms with Crippen molar-refractivity contribution in [1.29, 1.82) is 0 Å². The number of hydrogen-bond donors (Lipinski definition) is 1. The van der Waals surface area contributed by atoms with E-state index < -0.39 is 0 Å². The van der Waals surface area contributed by atoms with Crippen molar-refractivity contribution in [3.05, 3.63) is 29.7 Å². The smallest absolute Gasteiger partial charge is 0.276 e. The van der Waals surface area contributed by atoms with Crippen molar-refractivity contribution in [2.45, 2.75) is 18.2 Å². The van der Waals surface area contributed by atoms with Gasteiger partial charge in [-0.3, -0.25) is 0 Å². The van der Waals surface area contributed by atoms with Crippen molar-refractivity contribution >= 4 is 11.8 Å². The summed E-state index contributed by atoms with van der Waals surface area (Å²) in [6, 6.07) is 5.33. The SMILES string of the molecule is COc1ccc(OC)c(C(N)CSc2nnc(C)o2)c1. The van der Waals surface area contributed by atoms with Gasteiger partial charge in [0.05, 0.1) is 14.2 Å². The predicted molar refractivity (Wildman–Crippen MR) is 76.2 cm³/mol. The van der Waals surface area contributed by atoms with E-state index in [1.165, 1.54) is 11.8 Å². The van der Waals surface area contributed by atoms with Crippen LogP contribution in [0.4, 0.5) is 0 Å². The van der Waals surface area contributed by atoms with Gasteiger partial charge in [-0.25, -0.2) is 0 Å². The van der Waals surface area contributed by atoms with Crippen molar-refractivity contribution in [1.82, 2.24) is 10.2 Å². The first-order chi connectivity index (χ1) is 9.63. The summed E-state index contributed by atoms with van der Waals surface area (Å²) in [5, 5.41) is 8.21. The van der Waals surface area contributed by atoms with Gasteiger partial charge >= 0.3 is 0 Å². The number of aromatic nitrogens is 2. The molecule has 0 spiro atoms. The molecule has 1 aromatic heterocycles. The zero-order valence-corrected chi connectivity index (χ0v) is 12.4. The maximum atomic E-state index is 6.20.